The van der Waals surface area contributed by atoms with E-state index in [4.69, 9.17) is 0 Å². The third kappa shape index (κ3) is 1.12. The quantitative estimate of drug-likeness (QED) is 0.629. The van der Waals surface area contributed by atoms with Crippen LogP contribution in [0.2, 0.25) is 0 Å². The molecule has 1 heterocycles. The van der Waals surface area contributed by atoms with Crippen LogP contribution < -0.4 is 0 Å². The minimum Gasteiger partial charge on any atom is -0.257 e. The second kappa shape index (κ2) is 2.56. The lowest BCUT2D eigenvalue weighted by atomic mass is 10.0. The summed E-state index contributed by atoms with van der Waals surface area (Å²) in [5, 5.41) is 0. The van der Waals surface area contributed by atoms with Gasteiger partial charge in [0.15, 0.2) is 0 Å². The van der Waals surface area contributed by atoms with Crippen molar-refractivity contribution < 1.29 is 0 Å². The van der Waals surface area contributed by atoms with Crippen LogP contribution in [0.4, 0.5) is 0 Å². The van der Waals surface area contributed by atoms with Gasteiger partial charge in [0.05, 0.1) is 5.69 Å². The summed E-state index contributed by atoms with van der Waals surface area (Å²) in [5.74, 6) is 1.57. The monoisotopic (exact) mass is 169 g/mol. The molecule has 3 rings (SSSR count). The lowest BCUT2D eigenvalue weighted by Gasteiger charge is -2.06. The maximum Gasteiger partial charge on any atom is 0.0664 e. The molecule has 0 amide bonds. The normalized spacial score (nSPS) is 29.4. The molecule has 0 bridgehead atoms. The third-order valence-electron chi connectivity index (χ3n) is 2.83. The highest BCUT2D eigenvalue weighted by atomic mass is 14.7. The molecule has 0 spiro atoms. The minimum absolute atomic E-state index is 0.764. The van der Waals surface area contributed by atoms with Crippen LogP contribution in [0.15, 0.2) is 42.6 Å². The van der Waals surface area contributed by atoms with Crippen molar-refractivity contribution in [2.45, 2.75) is 6.42 Å². The predicted molar refractivity (Wildman–Crippen MR) is 53.0 cm³/mol. The van der Waals surface area contributed by atoms with Crippen molar-refractivity contribution >= 4 is 5.57 Å². The van der Waals surface area contributed by atoms with Gasteiger partial charge in [0, 0.05) is 6.20 Å². The summed E-state index contributed by atoms with van der Waals surface area (Å²) in [5.41, 5.74) is 2.58. The molecular formula is C12H11N. The summed E-state index contributed by atoms with van der Waals surface area (Å²) in [6.07, 6.45) is 9.86. The maximum absolute atomic E-state index is 4.38. The molecule has 64 valence electrons. The van der Waals surface area contributed by atoms with E-state index in [1.165, 1.54) is 12.0 Å². The molecule has 2 unspecified atom stereocenters. The molecule has 1 fully saturated rings. The Kier molecular flexibility index (Phi) is 1.39. The van der Waals surface area contributed by atoms with E-state index >= 15 is 0 Å². The van der Waals surface area contributed by atoms with Crippen molar-refractivity contribution in [3.05, 3.63) is 48.3 Å². The molecule has 0 aromatic carbocycles. The number of hydrogen-bond donors (Lipinski definition) is 0. The van der Waals surface area contributed by atoms with Gasteiger partial charge in [0.2, 0.25) is 0 Å². The van der Waals surface area contributed by atoms with Gasteiger partial charge in [-0.15, -0.1) is 0 Å². The van der Waals surface area contributed by atoms with E-state index in [9.17, 15) is 0 Å². The van der Waals surface area contributed by atoms with E-state index in [2.05, 4.69) is 35.3 Å². The van der Waals surface area contributed by atoms with Crippen molar-refractivity contribution in [3.8, 4) is 0 Å². The highest BCUT2D eigenvalue weighted by Gasteiger charge is 2.39. The van der Waals surface area contributed by atoms with E-state index in [1.807, 2.05) is 12.3 Å². The van der Waals surface area contributed by atoms with Crippen molar-refractivity contribution in [2.24, 2.45) is 11.8 Å². The Hall–Kier alpha value is -1.37. The van der Waals surface area contributed by atoms with Gasteiger partial charge >= 0.3 is 0 Å². The second-order valence-electron chi connectivity index (χ2n) is 3.73. The summed E-state index contributed by atoms with van der Waals surface area (Å²) >= 11 is 0. The Morgan fingerprint density at radius 1 is 1.31 bits per heavy atom. The molecule has 2 aliphatic rings. The number of hydrogen-bond acceptors (Lipinski definition) is 1. The van der Waals surface area contributed by atoms with Crippen molar-refractivity contribution in [3.63, 3.8) is 0 Å². The molecular weight excluding hydrogens is 158 g/mol. The molecule has 1 aromatic rings. The van der Waals surface area contributed by atoms with Crippen molar-refractivity contribution in [1.29, 1.82) is 0 Å². The summed E-state index contributed by atoms with van der Waals surface area (Å²) in [6, 6.07) is 6.12. The molecule has 0 aliphatic heterocycles. The maximum atomic E-state index is 4.38. The van der Waals surface area contributed by atoms with E-state index in [1.54, 1.807) is 0 Å². The summed E-state index contributed by atoms with van der Waals surface area (Å²) in [4.78, 5) is 4.38. The Labute approximate surface area is 77.8 Å². The van der Waals surface area contributed by atoms with Gasteiger partial charge in [-0.3, -0.25) is 4.98 Å². The standard InChI is InChI=1S/C12H11N/c1-2-7-13-12(6-1)10-5-3-4-9-8-11(9)10/h1-7,9,11H,8H2. The smallest absolute Gasteiger partial charge is 0.0664 e. The fraction of sp³-hybridized carbons (Fsp3) is 0.250. The van der Waals surface area contributed by atoms with Crippen LogP contribution in [0.25, 0.3) is 5.57 Å². The van der Waals surface area contributed by atoms with Crippen LogP contribution in [0.5, 0.6) is 0 Å². The van der Waals surface area contributed by atoms with E-state index in [0.29, 0.717) is 0 Å². The fourth-order valence-electron chi connectivity index (χ4n) is 2.02. The van der Waals surface area contributed by atoms with Gasteiger partial charge in [-0.1, -0.05) is 24.3 Å². The highest BCUT2D eigenvalue weighted by Crippen LogP contribution is 2.50. The van der Waals surface area contributed by atoms with Crippen LogP contribution in [0.3, 0.4) is 0 Å². The zero-order valence-corrected chi connectivity index (χ0v) is 7.35. The van der Waals surface area contributed by atoms with Crippen LogP contribution in [0.1, 0.15) is 12.1 Å². The largest absolute Gasteiger partial charge is 0.257 e. The predicted octanol–water partition coefficient (Wildman–Crippen LogP) is 2.67. The molecule has 0 N–H and O–H groups in total. The lowest BCUT2D eigenvalue weighted by molar-refractivity contribution is 0.987. The summed E-state index contributed by atoms with van der Waals surface area (Å²) in [6.45, 7) is 0. The molecule has 1 aromatic heterocycles. The van der Waals surface area contributed by atoms with Gasteiger partial charge < -0.3 is 0 Å². The number of aromatic nitrogens is 1. The number of pyridine rings is 1. The molecule has 2 atom stereocenters. The van der Waals surface area contributed by atoms with E-state index in [-0.39, 0.29) is 0 Å². The zero-order chi connectivity index (χ0) is 8.67. The Morgan fingerprint density at radius 2 is 2.31 bits per heavy atom. The van der Waals surface area contributed by atoms with Crippen LogP contribution in [-0.4, -0.2) is 4.98 Å². The molecule has 1 nitrogen and oxygen atoms in total. The van der Waals surface area contributed by atoms with Crippen LogP contribution in [0, 0.1) is 11.8 Å². The number of allylic oxidation sites excluding steroid dienone is 4. The first-order valence-electron chi connectivity index (χ1n) is 4.75. The molecule has 0 radical (unpaired) electrons. The van der Waals surface area contributed by atoms with Gasteiger partial charge in [-0.25, -0.2) is 0 Å². The van der Waals surface area contributed by atoms with E-state index in [0.717, 1.165) is 17.5 Å². The highest BCUT2D eigenvalue weighted by molar-refractivity contribution is 5.70. The van der Waals surface area contributed by atoms with Gasteiger partial charge in [0.1, 0.15) is 0 Å². The summed E-state index contributed by atoms with van der Waals surface area (Å²) < 4.78 is 0. The first-order chi connectivity index (χ1) is 6.45. The zero-order valence-electron chi connectivity index (χ0n) is 7.35. The average molecular weight is 169 g/mol. The number of fused-ring (bicyclic) bond motifs is 1. The van der Waals surface area contributed by atoms with Gasteiger partial charge in [-0.05, 0) is 36.0 Å². The minimum atomic E-state index is 0.764. The molecule has 13 heavy (non-hydrogen) atoms. The Bertz CT molecular complexity index is 375. The van der Waals surface area contributed by atoms with Gasteiger partial charge in [-0.2, -0.15) is 0 Å². The SMILES string of the molecule is C1=CC2CC2C(c2ccccn2)=C1. The first-order valence-corrected chi connectivity index (χ1v) is 4.75. The van der Waals surface area contributed by atoms with Crippen LogP contribution >= 0.6 is 0 Å². The molecule has 1 heteroatoms. The lowest BCUT2D eigenvalue weighted by Crippen LogP contribution is -1.93. The molecule has 1 saturated carbocycles. The average Bonchev–Trinajstić information content (AvgIpc) is 2.97. The van der Waals surface area contributed by atoms with E-state index < -0.39 is 0 Å². The second-order valence-corrected chi connectivity index (χ2v) is 3.73. The Balaban J connectivity index is 2.02. The van der Waals surface area contributed by atoms with Crippen molar-refractivity contribution in [2.75, 3.05) is 0 Å². The van der Waals surface area contributed by atoms with Crippen LogP contribution in [-0.2, 0) is 0 Å². The number of rotatable bonds is 1. The Morgan fingerprint density at radius 3 is 3.15 bits per heavy atom. The van der Waals surface area contributed by atoms with Crippen molar-refractivity contribution in [1.82, 2.24) is 4.98 Å². The number of nitrogens with zero attached hydrogens (tertiary/aromatic N) is 1. The fourth-order valence-corrected chi connectivity index (χ4v) is 2.02. The summed E-state index contributed by atoms with van der Waals surface area (Å²) in [7, 11) is 0. The third-order valence-corrected chi connectivity index (χ3v) is 2.83. The molecule has 2 aliphatic carbocycles. The van der Waals surface area contributed by atoms with Gasteiger partial charge in [0.25, 0.3) is 0 Å². The topological polar surface area (TPSA) is 12.9 Å². The first kappa shape index (κ1) is 7.07. The molecule has 0 saturated heterocycles.